The molecule has 4 heteroatoms. The van der Waals surface area contributed by atoms with Gasteiger partial charge in [0.1, 0.15) is 5.60 Å². The van der Waals surface area contributed by atoms with Crippen molar-refractivity contribution >= 4 is 15.9 Å². The Morgan fingerprint density at radius 3 is 2.89 bits per heavy atom. The Kier molecular flexibility index (Phi) is 3.97. The lowest BCUT2D eigenvalue weighted by Crippen LogP contribution is -2.40. The highest BCUT2D eigenvalue weighted by atomic mass is 79.9. The molecule has 0 bridgehead atoms. The number of nitrogens with one attached hydrogen (secondary N) is 1. The second kappa shape index (κ2) is 5.17. The van der Waals surface area contributed by atoms with Crippen molar-refractivity contribution in [3.63, 3.8) is 0 Å². The molecule has 0 amide bonds. The van der Waals surface area contributed by atoms with Crippen LogP contribution in [0.25, 0.3) is 0 Å². The van der Waals surface area contributed by atoms with Crippen molar-refractivity contribution in [2.75, 3.05) is 6.54 Å². The third-order valence-electron chi connectivity index (χ3n) is 3.16. The largest absolute Gasteiger partial charge is 0.484 e. The number of rotatable bonds is 3. The van der Waals surface area contributed by atoms with Crippen LogP contribution < -0.4 is 10.1 Å². The number of halogens is 2. The molecule has 1 atom stereocenters. The molecule has 0 spiro atoms. The molecule has 1 heterocycles. The quantitative estimate of drug-likeness (QED) is 0.903. The van der Waals surface area contributed by atoms with Crippen molar-refractivity contribution in [3.05, 3.63) is 28.0 Å². The van der Waals surface area contributed by atoms with Crippen LogP contribution in [0.15, 0.2) is 16.6 Å². The standard InChI is InChI=1S/C14H19BrFNO/c1-4-7-17-11-8-14(2,3)18-13-10(16)6-5-9(15)12(11)13/h5-6,11,17H,4,7-8H2,1-3H3. The third-order valence-corrected chi connectivity index (χ3v) is 3.85. The first kappa shape index (κ1) is 13.8. The average Bonchev–Trinajstić information content (AvgIpc) is 2.29. The zero-order valence-corrected chi connectivity index (χ0v) is 12.6. The summed E-state index contributed by atoms with van der Waals surface area (Å²) >= 11 is 3.50. The highest BCUT2D eigenvalue weighted by Crippen LogP contribution is 2.44. The van der Waals surface area contributed by atoms with E-state index in [9.17, 15) is 4.39 Å². The van der Waals surface area contributed by atoms with Gasteiger partial charge in [0.15, 0.2) is 11.6 Å². The van der Waals surface area contributed by atoms with Gasteiger partial charge in [-0.1, -0.05) is 22.9 Å². The van der Waals surface area contributed by atoms with Gasteiger partial charge in [0.2, 0.25) is 0 Å². The van der Waals surface area contributed by atoms with Gasteiger partial charge in [0.05, 0.1) is 0 Å². The molecule has 1 aromatic rings. The summed E-state index contributed by atoms with van der Waals surface area (Å²) in [6.07, 6.45) is 1.89. The number of hydrogen-bond donors (Lipinski definition) is 1. The molecule has 2 nitrogen and oxygen atoms in total. The van der Waals surface area contributed by atoms with Gasteiger partial charge < -0.3 is 10.1 Å². The second-order valence-electron chi connectivity index (χ2n) is 5.34. The zero-order valence-electron chi connectivity index (χ0n) is 11.0. The first-order valence-electron chi connectivity index (χ1n) is 6.35. The van der Waals surface area contributed by atoms with Gasteiger partial charge >= 0.3 is 0 Å². The zero-order chi connectivity index (χ0) is 13.3. The first-order chi connectivity index (χ1) is 8.44. The Bertz CT molecular complexity index is 448. The molecule has 0 fully saturated rings. The van der Waals surface area contributed by atoms with Crippen molar-refractivity contribution in [2.24, 2.45) is 0 Å². The minimum Gasteiger partial charge on any atom is -0.484 e. The van der Waals surface area contributed by atoms with Crippen molar-refractivity contribution in [1.82, 2.24) is 5.32 Å². The molecule has 2 rings (SSSR count). The van der Waals surface area contributed by atoms with E-state index in [0.717, 1.165) is 29.4 Å². The molecule has 1 N–H and O–H groups in total. The maximum Gasteiger partial charge on any atom is 0.165 e. The van der Waals surface area contributed by atoms with Crippen molar-refractivity contribution in [2.45, 2.75) is 45.3 Å². The molecular weight excluding hydrogens is 297 g/mol. The second-order valence-corrected chi connectivity index (χ2v) is 6.20. The number of benzene rings is 1. The molecule has 0 saturated carbocycles. The summed E-state index contributed by atoms with van der Waals surface area (Å²) in [6.45, 7) is 7.04. The summed E-state index contributed by atoms with van der Waals surface area (Å²) in [4.78, 5) is 0. The van der Waals surface area contributed by atoms with E-state index in [1.165, 1.54) is 6.07 Å². The van der Waals surface area contributed by atoms with Crippen molar-refractivity contribution in [3.8, 4) is 5.75 Å². The van der Waals surface area contributed by atoms with Crippen molar-refractivity contribution < 1.29 is 9.13 Å². The van der Waals surface area contributed by atoms with E-state index in [0.29, 0.717) is 5.75 Å². The lowest BCUT2D eigenvalue weighted by molar-refractivity contribution is 0.0605. The fourth-order valence-electron chi connectivity index (χ4n) is 2.38. The summed E-state index contributed by atoms with van der Waals surface area (Å²) in [5.41, 5.74) is 0.558. The van der Waals surface area contributed by atoms with Crippen LogP contribution >= 0.6 is 15.9 Å². The molecule has 1 aliphatic rings. The van der Waals surface area contributed by atoms with Crippen LogP contribution in [0.1, 0.15) is 45.2 Å². The van der Waals surface area contributed by atoms with Gasteiger partial charge in [0.25, 0.3) is 0 Å². The minimum atomic E-state index is -0.347. The molecule has 0 saturated heterocycles. The van der Waals surface area contributed by atoms with E-state index >= 15 is 0 Å². The van der Waals surface area contributed by atoms with Crippen LogP contribution in [-0.2, 0) is 0 Å². The molecule has 1 unspecified atom stereocenters. The fraction of sp³-hybridized carbons (Fsp3) is 0.571. The number of fused-ring (bicyclic) bond motifs is 1. The summed E-state index contributed by atoms with van der Waals surface area (Å²) in [6, 6.07) is 3.33. The van der Waals surface area contributed by atoms with E-state index in [1.807, 2.05) is 13.8 Å². The van der Waals surface area contributed by atoms with Crippen LogP contribution in [0.4, 0.5) is 4.39 Å². The first-order valence-corrected chi connectivity index (χ1v) is 7.14. The molecular formula is C14H19BrFNO. The Morgan fingerprint density at radius 1 is 1.50 bits per heavy atom. The van der Waals surface area contributed by atoms with Crippen LogP contribution in [0, 0.1) is 5.82 Å². The normalized spacial score (nSPS) is 21.3. The maximum atomic E-state index is 13.9. The van der Waals surface area contributed by atoms with Gasteiger partial charge in [-0.05, 0) is 38.9 Å². The van der Waals surface area contributed by atoms with Crippen LogP contribution in [-0.4, -0.2) is 12.1 Å². The number of ether oxygens (including phenoxy) is 1. The van der Waals surface area contributed by atoms with E-state index < -0.39 is 0 Å². The molecule has 0 aromatic heterocycles. The SMILES string of the molecule is CCCNC1CC(C)(C)Oc2c(F)ccc(Br)c21. The van der Waals surface area contributed by atoms with Gasteiger partial charge in [-0.25, -0.2) is 4.39 Å². The van der Waals surface area contributed by atoms with Crippen LogP contribution in [0.5, 0.6) is 5.75 Å². The summed E-state index contributed by atoms with van der Waals surface area (Å²) in [5, 5.41) is 3.47. The topological polar surface area (TPSA) is 21.3 Å². The van der Waals surface area contributed by atoms with Crippen molar-refractivity contribution in [1.29, 1.82) is 0 Å². The van der Waals surface area contributed by atoms with E-state index in [4.69, 9.17) is 4.74 Å². The fourth-order valence-corrected chi connectivity index (χ4v) is 2.97. The highest BCUT2D eigenvalue weighted by molar-refractivity contribution is 9.10. The van der Waals surface area contributed by atoms with Gasteiger partial charge in [0, 0.05) is 22.5 Å². The predicted octanol–water partition coefficient (Wildman–Crippen LogP) is 4.19. The molecule has 1 aliphatic heterocycles. The highest BCUT2D eigenvalue weighted by Gasteiger charge is 2.36. The third kappa shape index (κ3) is 2.69. The Hall–Kier alpha value is -0.610. The van der Waals surface area contributed by atoms with Crippen LogP contribution in [0.2, 0.25) is 0 Å². The summed E-state index contributed by atoms with van der Waals surface area (Å²) < 4.78 is 20.6. The lowest BCUT2D eigenvalue weighted by Gasteiger charge is -2.38. The van der Waals surface area contributed by atoms with Gasteiger partial charge in [-0.3, -0.25) is 0 Å². The van der Waals surface area contributed by atoms with E-state index in [2.05, 4.69) is 28.2 Å². The lowest BCUT2D eigenvalue weighted by atomic mass is 9.89. The molecule has 0 aliphatic carbocycles. The monoisotopic (exact) mass is 315 g/mol. The molecule has 18 heavy (non-hydrogen) atoms. The maximum absolute atomic E-state index is 13.9. The van der Waals surface area contributed by atoms with Gasteiger partial charge in [-0.15, -0.1) is 0 Å². The number of hydrogen-bond acceptors (Lipinski definition) is 2. The molecule has 100 valence electrons. The van der Waals surface area contributed by atoms with Gasteiger partial charge in [-0.2, -0.15) is 0 Å². The average molecular weight is 316 g/mol. The Labute approximate surface area is 116 Å². The molecule has 1 aromatic carbocycles. The summed E-state index contributed by atoms with van der Waals surface area (Å²) in [7, 11) is 0. The predicted molar refractivity (Wildman–Crippen MR) is 74.5 cm³/mol. The molecule has 0 radical (unpaired) electrons. The minimum absolute atomic E-state index is 0.133. The summed E-state index contributed by atoms with van der Waals surface area (Å²) in [5.74, 6) is 0.0958. The van der Waals surface area contributed by atoms with E-state index in [1.54, 1.807) is 6.07 Å². The van der Waals surface area contributed by atoms with Crippen LogP contribution in [0.3, 0.4) is 0 Å². The smallest absolute Gasteiger partial charge is 0.165 e. The van der Waals surface area contributed by atoms with E-state index in [-0.39, 0.29) is 17.5 Å². The Balaban J connectivity index is 2.43. The Morgan fingerprint density at radius 2 is 2.22 bits per heavy atom.